The van der Waals surface area contributed by atoms with Crippen LogP contribution in [0.15, 0.2) is 53.6 Å². The predicted molar refractivity (Wildman–Crippen MR) is 99.3 cm³/mol. The van der Waals surface area contributed by atoms with Crippen molar-refractivity contribution >= 4 is 15.9 Å². The molecule has 2 aromatic rings. The van der Waals surface area contributed by atoms with Crippen LogP contribution < -0.4 is 0 Å². The molecule has 7 heteroatoms. The fraction of sp³-hybridized carbons (Fsp3) is 0.368. The first-order chi connectivity index (χ1) is 12.5. The molecule has 26 heavy (non-hydrogen) atoms. The second kappa shape index (κ2) is 7.97. The summed E-state index contributed by atoms with van der Waals surface area (Å²) in [7, 11) is -1.81. The lowest BCUT2D eigenvalue weighted by molar-refractivity contribution is 0.0796. The Hall–Kier alpha value is -2.25. The van der Waals surface area contributed by atoms with E-state index in [0.717, 1.165) is 18.5 Å². The van der Waals surface area contributed by atoms with Crippen LogP contribution in [0.4, 0.5) is 0 Å². The van der Waals surface area contributed by atoms with E-state index < -0.39 is 10.0 Å². The van der Waals surface area contributed by atoms with E-state index in [9.17, 15) is 13.2 Å². The van der Waals surface area contributed by atoms with Crippen LogP contribution in [0.5, 0.6) is 0 Å². The van der Waals surface area contributed by atoms with E-state index in [0.29, 0.717) is 31.6 Å². The largest absolute Gasteiger partial charge is 0.341 e. The molecule has 1 saturated heterocycles. The van der Waals surface area contributed by atoms with Gasteiger partial charge >= 0.3 is 0 Å². The molecule has 0 N–H and O–H groups in total. The topological polar surface area (TPSA) is 70.6 Å². The zero-order chi connectivity index (χ0) is 18.6. The number of likely N-dealkylation sites (N-methyl/N-ethyl adjacent to an activating group) is 1. The van der Waals surface area contributed by atoms with Gasteiger partial charge in [0.15, 0.2) is 0 Å². The summed E-state index contributed by atoms with van der Waals surface area (Å²) in [5.74, 6) is -0.195. The van der Waals surface area contributed by atoms with E-state index in [1.807, 2.05) is 18.2 Å². The third-order valence-corrected chi connectivity index (χ3v) is 6.45. The van der Waals surface area contributed by atoms with Gasteiger partial charge in [-0.25, -0.2) is 8.42 Å². The van der Waals surface area contributed by atoms with Crippen molar-refractivity contribution in [3.8, 4) is 0 Å². The van der Waals surface area contributed by atoms with Crippen LogP contribution in [0, 0.1) is 0 Å². The van der Waals surface area contributed by atoms with Gasteiger partial charge in [-0.2, -0.15) is 4.31 Å². The number of pyridine rings is 1. The molecule has 1 amide bonds. The number of carbonyl (C=O) groups is 1. The number of sulfonamides is 1. The van der Waals surface area contributed by atoms with Gasteiger partial charge in [0.25, 0.3) is 5.91 Å². The monoisotopic (exact) mass is 373 g/mol. The van der Waals surface area contributed by atoms with Gasteiger partial charge in [-0.05, 0) is 43.2 Å². The second-order valence-corrected chi connectivity index (χ2v) is 8.37. The first-order valence-electron chi connectivity index (χ1n) is 8.74. The SMILES string of the molecule is CN(CCc1ccccn1)C(=O)c1cccc(S(=O)(=O)N2CCCC2)c1. The summed E-state index contributed by atoms with van der Waals surface area (Å²) in [6, 6.07) is 12.0. The Morgan fingerprint density at radius 3 is 2.62 bits per heavy atom. The zero-order valence-corrected chi connectivity index (χ0v) is 15.7. The van der Waals surface area contributed by atoms with Crippen LogP contribution in [0.1, 0.15) is 28.9 Å². The average molecular weight is 373 g/mol. The lowest BCUT2D eigenvalue weighted by atomic mass is 10.2. The number of amides is 1. The van der Waals surface area contributed by atoms with Crippen LogP contribution in [0.3, 0.4) is 0 Å². The van der Waals surface area contributed by atoms with Gasteiger partial charge in [0.1, 0.15) is 0 Å². The van der Waals surface area contributed by atoms with Gasteiger partial charge in [0.2, 0.25) is 10.0 Å². The van der Waals surface area contributed by atoms with E-state index in [4.69, 9.17) is 0 Å². The predicted octanol–water partition coefficient (Wildman–Crippen LogP) is 2.18. The summed E-state index contributed by atoms with van der Waals surface area (Å²) in [4.78, 5) is 18.7. The summed E-state index contributed by atoms with van der Waals surface area (Å²) in [5, 5.41) is 0. The summed E-state index contributed by atoms with van der Waals surface area (Å²) >= 11 is 0. The summed E-state index contributed by atoms with van der Waals surface area (Å²) in [6.07, 6.45) is 4.14. The number of aromatic nitrogens is 1. The minimum atomic E-state index is -3.52. The van der Waals surface area contributed by atoms with E-state index in [1.54, 1.807) is 36.3 Å². The molecular weight excluding hydrogens is 350 g/mol. The van der Waals surface area contributed by atoms with Crippen molar-refractivity contribution in [2.45, 2.75) is 24.2 Å². The van der Waals surface area contributed by atoms with Crippen LogP contribution in [0.25, 0.3) is 0 Å². The molecular formula is C19H23N3O3S. The van der Waals surface area contributed by atoms with Gasteiger partial charge in [-0.3, -0.25) is 9.78 Å². The summed E-state index contributed by atoms with van der Waals surface area (Å²) in [5.41, 5.74) is 1.30. The van der Waals surface area contributed by atoms with Gasteiger partial charge in [0, 0.05) is 50.6 Å². The fourth-order valence-corrected chi connectivity index (χ4v) is 4.58. The molecule has 1 aromatic heterocycles. The fourth-order valence-electron chi connectivity index (χ4n) is 3.02. The molecule has 3 rings (SSSR count). The highest BCUT2D eigenvalue weighted by Gasteiger charge is 2.27. The maximum Gasteiger partial charge on any atom is 0.253 e. The molecule has 1 aromatic carbocycles. The number of rotatable bonds is 6. The summed E-state index contributed by atoms with van der Waals surface area (Å²) in [6.45, 7) is 1.61. The maximum absolute atomic E-state index is 12.7. The Kier molecular flexibility index (Phi) is 5.68. The maximum atomic E-state index is 12.7. The van der Waals surface area contributed by atoms with Crippen LogP contribution in [-0.2, 0) is 16.4 Å². The highest BCUT2D eigenvalue weighted by molar-refractivity contribution is 7.89. The molecule has 1 aliphatic heterocycles. The van der Waals surface area contributed by atoms with E-state index in [-0.39, 0.29) is 10.8 Å². The minimum absolute atomic E-state index is 0.184. The second-order valence-electron chi connectivity index (χ2n) is 6.44. The van der Waals surface area contributed by atoms with Crippen LogP contribution in [-0.4, -0.2) is 55.2 Å². The molecule has 138 valence electrons. The van der Waals surface area contributed by atoms with Crippen LogP contribution >= 0.6 is 0 Å². The lowest BCUT2D eigenvalue weighted by Crippen LogP contribution is -2.30. The van der Waals surface area contributed by atoms with Crippen LogP contribution in [0.2, 0.25) is 0 Å². The molecule has 0 bridgehead atoms. The normalized spacial score (nSPS) is 15.1. The molecule has 0 saturated carbocycles. The number of nitrogens with zero attached hydrogens (tertiary/aromatic N) is 3. The van der Waals surface area contributed by atoms with Gasteiger partial charge in [0.05, 0.1) is 4.90 Å². The Balaban J connectivity index is 1.71. The third-order valence-electron chi connectivity index (χ3n) is 4.56. The Morgan fingerprint density at radius 1 is 1.15 bits per heavy atom. The van der Waals surface area contributed by atoms with E-state index in [1.165, 1.54) is 10.4 Å². The standard InChI is InChI=1S/C19H23N3O3S/c1-21(14-10-17-8-2-3-11-20-17)19(23)16-7-6-9-18(15-16)26(24,25)22-12-4-5-13-22/h2-3,6-9,11,15H,4-5,10,12-14H2,1H3. The molecule has 0 aliphatic carbocycles. The summed E-state index contributed by atoms with van der Waals surface area (Å²) < 4.78 is 26.9. The Bertz CT molecular complexity index is 863. The third kappa shape index (κ3) is 4.11. The molecule has 0 atom stereocenters. The molecule has 2 heterocycles. The molecule has 0 spiro atoms. The van der Waals surface area contributed by atoms with Crippen molar-refractivity contribution in [2.24, 2.45) is 0 Å². The van der Waals surface area contributed by atoms with Crippen molar-refractivity contribution in [2.75, 3.05) is 26.7 Å². The Morgan fingerprint density at radius 2 is 1.92 bits per heavy atom. The van der Waals surface area contributed by atoms with Crippen molar-refractivity contribution < 1.29 is 13.2 Å². The number of carbonyl (C=O) groups excluding carboxylic acids is 1. The highest BCUT2D eigenvalue weighted by atomic mass is 32.2. The van der Waals surface area contributed by atoms with E-state index in [2.05, 4.69) is 4.98 Å². The zero-order valence-electron chi connectivity index (χ0n) is 14.8. The van der Waals surface area contributed by atoms with E-state index >= 15 is 0 Å². The smallest absolute Gasteiger partial charge is 0.253 e. The van der Waals surface area contributed by atoms with Crippen molar-refractivity contribution in [3.05, 3.63) is 59.9 Å². The first kappa shape index (κ1) is 18.5. The molecule has 0 unspecified atom stereocenters. The number of hydrogen-bond acceptors (Lipinski definition) is 4. The number of hydrogen-bond donors (Lipinski definition) is 0. The first-order valence-corrected chi connectivity index (χ1v) is 10.2. The highest BCUT2D eigenvalue weighted by Crippen LogP contribution is 2.22. The molecule has 0 radical (unpaired) electrons. The van der Waals surface area contributed by atoms with Gasteiger partial charge in [-0.1, -0.05) is 12.1 Å². The Labute approximate surface area is 154 Å². The minimum Gasteiger partial charge on any atom is -0.341 e. The lowest BCUT2D eigenvalue weighted by Gasteiger charge is -2.19. The van der Waals surface area contributed by atoms with Crippen molar-refractivity contribution in [1.29, 1.82) is 0 Å². The molecule has 1 aliphatic rings. The number of benzene rings is 1. The quantitative estimate of drug-likeness (QED) is 0.778. The molecule has 1 fully saturated rings. The average Bonchev–Trinajstić information content (AvgIpc) is 3.22. The van der Waals surface area contributed by atoms with Crippen molar-refractivity contribution in [3.63, 3.8) is 0 Å². The van der Waals surface area contributed by atoms with Crippen molar-refractivity contribution in [1.82, 2.24) is 14.2 Å². The molecule has 6 nitrogen and oxygen atoms in total. The van der Waals surface area contributed by atoms with Gasteiger partial charge in [-0.15, -0.1) is 0 Å². The van der Waals surface area contributed by atoms with Gasteiger partial charge < -0.3 is 4.90 Å².